The molecule has 0 amide bonds. The molecule has 0 unspecified atom stereocenters. The Bertz CT molecular complexity index is 693. The van der Waals surface area contributed by atoms with Crippen molar-refractivity contribution in [2.45, 2.75) is 6.42 Å². The number of anilines is 1. The number of nitriles is 1. The molecule has 5 nitrogen and oxygen atoms in total. The highest BCUT2D eigenvalue weighted by Gasteiger charge is 2.14. The topological polar surface area (TPSA) is 79.0 Å². The molecule has 0 aromatic heterocycles. The summed E-state index contributed by atoms with van der Waals surface area (Å²) in [4.78, 5) is 10.5. The summed E-state index contributed by atoms with van der Waals surface area (Å²) in [6.07, 6.45) is 0.754. The van der Waals surface area contributed by atoms with Crippen molar-refractivity contribution in [3.8, 4) is 6.07 Å². The maximum Gasteiger partial charge on any atom is 0.293 e. The summed E-state index contributed by atoms with van der Waals surface area (Å²) in [6.45, 7) is 0.578. The van der Waals surface area contributed by atoms with Crippen LogP contribution in [-0.4, -0.2) is 11.5 Å². The normalized spacial score (nSPS) is 9.90. The average molecular weight is 346 g/mol. The van der Waals surface area contributed by atoms with Gasteiger partial charge < -0.3 is 5.32 Å². The minimum atomic E-state index is -0.483. The minimum absolute atomic E-state index is 0.0788. The zero-order valence-corrected chi connectivity index (χ0v) is 12.6. The lowest BCUT2D eigenvalue weighted by molar-refractivity contribution is -0.384. The predicted molar refractivity (Wildman–Crippen MR) is 84.1 cm³/mol. The summed E-state index contributed by atoms with van der Waals surface area (Å²) in [5.74, 6) is 0. The fourth-order valence-electron chi connectivity index (χ4n) is 1.89. The Hall–Kier alpha value is -2.39. The molecular weight excluding hydrogens is 334 g/mol. The van der Waals surface area contributed by atoms with Crippen molar-refractivity contribution in [2.24, 2.45) is 0 Å². The molecule has 2 aromatic carbocycles. The molecule has 0 fully saturated rings. The van der Waals surface area contributed by atoms with E-state index in [0.717, 1.165) is 16.5 Å². The molecule has 0 spiro atoms. The van der Waals surface area contributed by atoms with Crippen LogP contribution in [-0.2, 0) is 6.42 Å². The van der Waals surface area contributed by atoms with Crippen LogP contribution in [0.3, 0.4) is 0 Å². The van der Waals surface area contributed by atoms with Gasteiger partial charge in [0.25, 0.3) is 5.69 Å². The number of halogens is 1. The van der Waals surface area contributed by atoms with Crippen LogP contribution in [0.4, 0.5) is 11.4 Å². The molecule has 6 heteroatoms. The molecule has 0 aliphatic rings. The third kappa shape index (κ3) is 4.04. The Morgan fingerprint density at radius 1 is 1.24 bits per heavy atom. The number of rotatable bonds is 5. The third-order valence-corrected chi connectivity index (χ3v) is 3.49. The summed E-state index contributed by atoms with van der Waals surface area (Å²) >= 11 is 3.37. The van der Waals surface area contributed by atoms with Gasteiger partial charge in [0.2, 0.25) is 0 Å². The standard InChI is InChI=1S/C15H12BrN3O2/c16-13-4-1-11(2-5-13)7-8-18-14-6-3-12(10-17)9-15(14)19(20)21/h1-6,9,18H,7-8H2. The zero-order chi connectivity index (χ0) is 15.2. The number of nitrogens with one attached hydrogen (secondary N) is 1. The molecule has 0 bridgehead atoms. The summed E-state index contributed by atoms with van der Waals surface area (Å²) in [6, 6.07) is 14.2. The second-order valence-corrected chi connectivity index (χ2v) is 5.32. The highest BCUT2D eigenvalue weighted by atomic mass is 79.9. The molecule has 2 aromatic rings. The molecule has 0 saturated heterocycles. The maximum absolute atomic E-state index is 11.0. The average Bonchev–Trinajstić information content (AvgIpc) is 2.49. The van der Waals surface area contributed by atoms with E-state index in [1.54, 1.807) is 12.1 Å². The van der Waals surface area contributed by atoms with E-state index in [1.165, 1.54) is 6.07 Å². The summed E-state index contributed by atoms with van der Waals surface area (Å²) < 4.78 is 1.02. The van der Waals surface area contributed by atoms with Crippen molar-refractivity contribution in [2.75, 3.05) is 11.9 Å². The van der Waals surface area contributed by atoms with Crippen molar-refractivity contribution in [1.82, 2.24) is 0 Å². The van der Waals surface area contributed by atoms with E-state index in [0.29, 0.717) is 12.2 Å². The fourth-order valence-corrected chi connectivity index (χ4v) is 2.16. The first-order chi connectivity index (χ1) is 10.1. The molecule has 2 rings (SSSR count). The third-order valence-electron chi connectivity index (χ3n) is 2.97. The maximum atomic E-state index is 11.0. The van der Waals surface area contributed by atoms with Crippen LogP contribution in [0.1, 0.15) is 11.1 Å². The number of nitrogens with zero attached hydrogens (tertiary/aromatic N) is 2. The Morgan fingerprint density at radius 2 is 1.95 bits per heavy atom. The Labute approximate surface area is 130 Å². The van der Waals surface area contributed by atoms with Crippen LogP contribution in [0, 0.1) is 21.4 Å². The quantitative estimate of drug-likeness (QED) is 0.658. The highest BCUT2D eigenvalue weighted by Crippen LogP contribution is 2.25. The molecule has 0 aliphatic heterocycles. The molecule has 106 valence electrons. The van der Waals surface area contributed by atoms with E-state index in [1.807, 2.05) is 30.3 Å². The van der Waals surface area contributed by atoms with Crippen molar-refractivity contribution < 1.29 is 4.92 Å². The van der Waals surface area contributed by atoms with Crippen LogP contribution < -0.4 is 5.32 Å². The van der Waals surface area contributed by atoms with E-state index in [9.17, 15) is 10.1 Å². The van der Waals surface area contributed by atoms with E-state index in [4.69, 9.17) is 5.26 Å². The lowest BCUT2D eigenvalue weighted by atomic mass is 10.1. The van der Waals surface area contributed by atoms with Gasteiger partial charge in [0.15, 0.2) is 0 Å². The number of benzene rings is 2. The molecule has 0 aliphatic carbocycles. The van der Waals surface area contributed by atoms with Crippen LogP contribution in [0.2, 0.25) is 0 Å². The Balaban J connectivity index is 2.04. The summed E-state index contributed by atoms with van der Waals surface area (Å²) in [7, 11) is 0. The predicted octanol–water partition coefficient (Wildman–Crippen LogP) is 3.88. The van der Waals surface area contributed by atoms with Crippen molar-refractivity contribution in [3.63, 3.8) is 0 Å². The van der Waals surface area contributed by atoms with Gasteiger partial charge in [-0.1, -0.05) is 28.1 Å². The van der Waals surface area contributed by atoms with Gasteiger partial charge in [-0.3, -0.25) is 10.1 Å². The van der Waals surface area contributed by atoms with Gasteiger partial charge in [0.1, 0.15) is 5.69 Å². The van der Waals surface area contributed by atoms with Crippen molar-refractivity contribution in [1.29, 1.82) is 5.26 Å². The number of hydrogen-bond acceptors (Lipinski definition) is 4. The zero-order valence-electron chi connectivity index (χ0n) is 11.0. The SMILES string of the molecule is N#Cc1ccc(NCCc2ccc(Br)cc2)c([N+](=O)[O-])c1. The lowest BCUT2D eigenvalue weighted by Crippen LogP contribution is -2.07. The van der Waals surface area contributed by atoms with Crippen LogP contribution in [0.5, 0.6) is 0 Å². The lowest BCUT2D eigenvalue weighted by Gasteiger charge is -2.07. The Kier molecular flexibility index (Phi) is 4.90. The van der Waals surface area contributed by atoms with Crippen LogP contribution in [0.15, 0.2) is 46.9 Å². The smallest absolute Gasteiger partial charge is 0.293 e. The summed E-state index contributed by atoms with van der Waals surface area (Å²) in [5.41, 5.74) is 1.77. The van der Waals surface area contributed by atoms with E-state index in [2.05, 4.69) is 21.2 Å². The molecule has 21 heavy (non-hydrogen) atoms. The van der Waals surface area contributed by atoms with Gasteiger partial charge in [-0.2, -0.15) is 5.26 Å². The van der Waals surface area contributed by atoms with Gasteiger partial charge >= 0.3 is 0 Å². The molecule has 0 atom stereocenters. The van der Waals surface area contributed by atoms with Gasteiger partial charge in [0.05, 0.1) is 16.6 Å². The van der Waals surface area contributed by atoms with E-state index in [-0.39, 0.29) is 11.3 Å². The van der Waals surface area contributed by atoms with Gasteiger partial charge in [-0.25, -0.2) is 0 Å². The number of nitro groups is 1. The first kappa shape index (κ1) is 15.0. The first-order valence-corrected chi connectivity index (χ1v) is 7.06. The largest absolute Gasteiger partial charge is 0.379 e. The molecule has 0 saturated carbocycles. The van der Waals surface area contributed by atoms with Gasteiger partial charge in [-0.15, -0.1) is 0 Å². The van der Waals surface area contributed by atoms with Gasteiger partial charge in [-0.05, 0) is 36.2 Å². The molecular formula is C15H12BrN3O2. The summed E-state index contributed by atoms with van der Waals surface area (Å²) in [5, 5.41) is 22.8. The molecule has 0 heterocycles. The first-order valence-electron chi connectivity index (χ1n) is 6.27. The Morgan fingerprint density at radius 3 is 2.57 bits per heavy atom. The van der Waals surface area contributed by atoms with Crippen molar-refractivity contribution in [3.05, 3.63) is 68.2 Å². The van der Waals surface area contributed by atoms with Crippen LogP contribution >= 0.6 is 15.9 Å². The number of hydrogen-bond donors (Lipinski definition) is 1. The molecule has 1 N–H and O–H groups in total. The monoisotopic (exact) mass is 345 g/mol. The highest BCUT2D eigenvalue weighted by molar-refractivity contribution is 9.10. The molecule has 0 radical (unpaired) electrons. The second-order valence-electron chi connectivity index (χ2n) is 4.40. The van der Waals surface area contributed by atoms with E-state index >= 15 is 0 Å². The van der Waals surface area contributed by atoms with Gasteiger partial charge in [0, 0.05) is 17.1 Å². The minimum Gasteiger partial charge on any atom is -0.379 e. The van der Waals surface area contributed by atoms with Crippen LogP contribution in [0.25, 0.3) is 0 Å². The van der Waals surface area contributed by atoms with E-state index < -0.39 is 4.92 Å². The van der Waals surface area contributed by atoms with Crippen molar-refractivity contribution >= 4 is 27.3 Å². The number of nitro benzene ring substituents is 1. The second kappa shape index (κ2) is 6.86. The fraction of sp³-hybridized carbons (Fsp3) is 0.133.